The van der Waals surface area contributed by atoms with Crippen LogP contribution in [-0.2, 0) is 9.59 Å². The summed E-state index contributed by atoms with van der Waals surface area (Å²) in [6.07, 6.45) is 0. The number of hydrogen-bond acceptors (Lipinski definition) is 6. The molecule has 0 aliphatic heterocycles. The fourth-order valence-electron chi connectivity index (χ4n) is 5.67. The lowest BCUT2D eigenvalue weighted by Gasteiger charge is -2.49. The zero-order valence-electron chi connectivity index (χ0n) is 22.0. The van der Waals surface area contributed by atoms with Gasteiger partial charge < -0.3 is 19.3 Å². The molecule has 7 heteroatoms. The van der Waals surface area contributed by atoms with E-state index in [2.05, 4.69) is 6.07 Å². The fraction of sp³-hybridized carbons (Fsp3) is 0.182. The number of carbonyl (C=O) groups is 2. The molecule has 1 aliphatic rings. The molecule has 0 heterocycles. The Morgan fingerprint density at radius 1 is 0.725 bits per heavy atom. The number of nitriles is 1. The molecule has 200 valence electrons. The molecule has 4 aromatic carbocycles. The third-order valence-electron chi connectivity index (χ3n) is 7.50. The SMILES string of the molecule is COc1ccccc1C1C(C(=O)O)[C@@H](c2ccccc2OC)C1C(=O)Oc1cccc(-c2ccc(C#N)cc2)c1. The van der Waals surface area contributed by atoms with Crippen molar-refractivity contribution < 1.29 is 28.9 Å². The summed E-state index contributed by atoms with van der Waals surface area (Å²) in [5, 5.41) is 19.4. The Bertz CT molecular complexity index is 1530. The second-order valence-electron chi connectivity index (χ2n) is 9.56. The molecule has 1 aliphatic carbocycles. The molecule has 0 saturated heterocycles. The van der Waals surface area contributed by atoms with Crippen LogP contribution in [0.4, 0.5) is 0 Å². The van der Waals surface area contributed by atoms with Crippen molar-refractivity contribution in [3.63, 3.8) is 0 Å². The van der Waals surface area contributed by atoms with Gasteiger partial charge in [-0.3, -0.25) is 9.59 Å². The summed E-state index contributed by atoms with van der Waals surface area (Å²) in [4.78, 5) is 26.6. The number of para-hydroxylation sites is 2. The van der Waals surface area contributed by atoms with Crippen molar-refractivity contribution in [2.24, 2.45) is 11.8 Å². The van der Waals surface area contributed by atoms with Gasteiger partial charge in [0.05, 0.1) is 37.7 Å². The van der Waals surface area contributed by atoms with Gasteiger partial charge in [-0.1, -0.05) is 60.7 Å². The van der Waals surface area contributed by atoms with E-state index >= 15 is 0 Å². The zero-order valence-corrected chi connectivity index (χ0v) is 22.0. The highest BCUT2D eigenvalue weighted by Gasteiger charge is 2.60. The molecular formula is C33H27NO6. The molecule has 0 bridgehead atoms. The average molecular weight is 534 g/mol. The van der Waals surface area contributed by atoms with Crippen LogP contribution in [0.5, 0.6) is 17.2 Å². The number of benzene rings is 4. The standard InChI is InChI=1S/C33H27NO6/c1-38-26-12-5-3-10-24(26)28-30(32(35)36)29(25-11-4-6-13-27(25)39-2)31(28)33(37)40-23-9-7-8-22(18-23)21-16-14-20(19-34)15-17-21/h3-18,28-31H,1-2H3,(H,35,36)/t28-,29?,30?,31?/m1/s1. The number of aliphatic carboxylic acids is 1. The van der Waals surface area contributed by atoms with Gasteiger partial charge in [0.25, 0.3) is 0 Å². The highest BCUT2D eigenvalue weighted by Crippen LogP contribution is 2.60. The quantitative estimate of drug-likeness (QED) is 0.217. The summed E-state index contributed by atoms with van der Waals surface area (Å²) < 4.78 is 17.0. The van der Waals surface area contributed by atoms with Gasteiger partial charge >= 0.3 is 11.9 Å². The molecule has 4 aromatic rings. The van der Waals surface area contributed by atoms with Crippen LogP contribution in [0.25, 0.3) is 11.1 Å². The first-order chi connectivity index (χ1) is 19.5. The van der Waals surface area contributed by atoms with Gasteiger partial charge in [-0.05, 0) is 58.7 Å². The second kappa shape index (κ2) is 11.3. The fourth-order valence-corrected chi connectivity index (χ4v) is 5.67. The summed E-state index contributed by atoms with van der Waals surface area (Å²) in [5.41, 5.74) is 3.50. The van der Waals surface area contributed by atoms with E-state index in [1.54, 1.807) is 78.9 Å². The minimum absolute atomic E-state index is 0.336. The van der Waals surface area contributed by atoms with E-state index in [9.17, 15) is 14.7 Å². The van der Waals surface area contributed by atoms with Crippen LogP contribution >= 0.6 is 0 Å². The summed E-state index contributed by atoms with van der Waals surface area (Å²) in [6.45, 7) is 0. The summed E-state index contributed by atoms with van der Waals surface area (Å²) >= 11 is 0. The molecule has 1 fully saturated rings. The van der Waals surface area contributed by atoms with E-state index in [1.807, 2.05) is 18.2 Å². The number of esters is 1. The molecule has 1 N–H and O–H groups in total. The number of carboxylic acids is 1. The van der Waals surface area contributed by atoms with E-state index in [0.29, 0.717) is 33.9 Å². The van der Waals surface area contributed by atoms with Crippen molar-refractivity contribution in [1.82, 2.24) is 0 Å². The Labute approximate surface area is 232 Å². The van der Waals surface area contributed by atoms with E-state index in [4.69, 9.17) is 19.5 Å². The van der Waals surface area contributed by atoms with Crippen molar-refractivity contribution >= 4 is 11.9 Å². The van der Waals surface area contributed by atoms with E-state index in [1.165, 1.54) is 14.2 Å². The number of nitrogens with zero attached hydrogens (tertiary/aromatic N) is 1. The third-order valence-corrected chi connectivity index (χ3v) is 7.50. The zero-order chi connectivity index (χ0) is 28.2. The van der Waals surface area contributed by atoms with Crippen molar-refractivity contribution in [1.29, 1.82) is 5.26 Å². The van der Waals surface area contributed by atoms with Crippen LogP contribution < -0.4 is 14.2 Å². The van der Waals surface area contributed by atoms with Gasteiger partial charge in [-0.2, -0.15) is 5.26 Å². The number of carbonyl (C=O) groups excluding carboxylic acids is 1. The van der Waals surface area contributed by atoms with E-state index < -0.39 is 35.6 Å². The first kappa shape index (κ1) is 26.5. The predicted molar refractivity (Wildman–Crippen MR) is 148 cm³/mol. The number of methoxy groups -OCH3 is 2. The molecule has 5 rings (SSSR count). The van der Waals surface area contributed by atoms with Crippen LogP contribution in [-0.4, -0.2) is 31.3 Å². The van der Waals surface area contributed by atoms with Crippen molar-refractivity contribution in [2.45, 2.75) is 11.8 Å². The Kier molecular flexibility index (Phi) is 7.52. The maximum atomic E-state index is 13.9. The second-order valence-corrected chi connectivity index (χ2v) is 9.56. The van der Waals surface area contributed by atoms with Gasteiger partial charge in [-0.15, -0.1) is 0 Å². The highest BCUT2D eigenvalue weighted by atomic mass is 16.5. The average Bonchev–Trinajstić information content (AvgIpc) is 2.97. The normalized spacial score (nSPS) is 19.5. The lowest BCUT2D eigenvalue weighted by molar-refractivity contribution is -0.158. The van der Waals surface area contributed by atoms with Crippen LogP contribution in [0.1, 0.15) is 28.5 Å². The molecule has 0 spiro atoms. The third kappa shape index (κ3) is 4.87. The molecule has 7 nitrogen and oxygen atoms in total. The molecule has 0 radical (unpaired) electrons. The van der Waals surface area contributed by atoms with Gasteiger partial charge in [0.1, 0.15) is 17.2 Å². The van der Waals surface area contributed by atoms with E-state index in [0.717, 1.165) is 11.1 Å². The van der Waals surface area contributed by atoms with Gasteiger partial charge in [0, 0.05) is 11.8 Å². The first-order valence-electron chi connectivity index (χ1n) is 12.8. The molecule has 40 heavy (non-hydrogen) atoms. The molecule has 0 aromatic heterocycles. The van der Waals surface area contributed by atoms with Crippen molar-refractivity contribution in [2.75, 3.05) is 14.2 Å². The van der Waals surface area contributed by atoms with E-state index in [-0.39, 0.29) is 0 Å². The number of carboxylic acid groups (broad SMARTS) is 1. The number of hydrogen-bond donors (Lipinski definition) is 1. The Balaban J connectivity index is 1.54. The minimum atomic E-state index is -1.02. The van der Waals surface area contributed by atoms with Crippen LogP contribution in [0.3, 0.4) is 0 Å². The molecule has 3 unspecified atom stereocenters. The lowest BCUT2D eigenvalue weighted by atomic mass is 9.52. The van der Waals surface area contributed by atoms with Crippen molar-refractivity contribution in [3.05, 3.63) is 114 Å². The molecule has 1 saturated carbocycles. The molecule has 0 amide bonds. The molecule has 4 atom stereocenters. The van der Waals surface area contributed by atoms with Gasteiger partial charge in [-0.25, -0.2) is 0 Å². The monoisotopic (exact) mass is 533 g/mol. The summed E-state index contributed by atoms with van der Waals surface area (Å²) in [6, 6.07) is 30.6. The first-order valence-corrected chi connectivity index (χ1v) is 12.8. The van der Waals surface area contributed by atoms with Gasteiger partial charge in [0.2, 0.25) is 0 Å². The Hall–Kier alpha value is -5.09. The summed E-state index contributed by atoms with van der Waals surface area (Å²) in [5.74, 6) is -3.28. The lowest BCUT2D eigenvalue weighted by Crippen LogP contribution is -2.52. The van der Waals surface area contributed by atoms with Crippen molar-refractivity contribution in [3.8, 4) is 34.4 Å². The maximum Gasteiger partial charge on any atom is 0.315 e. The molecular weight excluding hydrogens is 506 g/mol. The van der Waals surface area contributed by atoms with Crippen LogP contribution in [0, 0.1) is 23.2 Å². The predicted octanol–water partition coefficient (Wildman–Crippen LogP) is 6.05. The topological polar surface area (TPSA) is 106 Å². The van der Waals surface area contributed by atoms with Crippen LogP contribution in [0.15, 0.2) is 97.1 Å². The maximum absolute atomic E-state index is 13.9. The van der Waals surface area contributed by atoms with Gasteiger partial charge in [0.15, 0.2) is 0 Å². The Morgan fingerprint density at radius 3 is 1.82 bits per heavy atom. The number of rotatable bonds is 8. The smallest absolute Gasteiger partial charge is 0.315 e. The van der Waals surface area contributed by atoms with Crippen LogP contribution in [0.2, 0.25) is 0 Å². The number of ether oxygens (including phenoxy) is 3. The summed E-state index contributed by atoms with van der Waals surface area (Å²) in [7, 11) is 3.04. The minimum Gasteiger partial charge on any atom is -0.496 e. The largest absolute Gasteiger partial charge is 0.496 e. The Morgan fingerprint density at radius 2 is 1.30 bits per heavy atom. The highest BCUT2D eigenvalue weighted by molar-refractivity contribution is 5.86.